The molecule has 1 saturated carbocycles. The standard InChI is InChI=1S/C13H21NS/c1-14-12-5-2-4-11(10-12)7-8-13-6-3-9-15-13/h3,6,9,11-12,14H,2,4-5,7-8,10H2,1H3. The fraction of sp³-hybridized carbons (Fsp3) is 0.692. The van der Waals surface area contributed by atoms with Gasteiger partial charge in [-0.15, -0.1) is 11.3 Å². The molecule has 0 aliphatic heterocycles. The molecular formula is C13H21NS. The van der Waals surface area contributed by atoms with Crippen molar-refractivity contribution in [2.24, 2.45) is 5.92 Å². The van der Waals surface area contributed by atoms with Gasteiger partial charge < -0.3 is 5.32 Å². The number of nitrogens with one attached hydrogen (secondary N) is 1. The van der Waals surface area contributed by atoms with Crippen molar-refractivity contribution in [1.82, 2.24) is 5.32 Å². The van der Waals surface area contributed by atoms with Gasteiger partial charge >= 0.3 is 0 Å². The maximum absolute atomic E-state index is 3.43. The minimum atomic E-state index is 0.784. The Balaban J connectivity index is 1.74. The van der Waals surface area contributed by atoms with Gasteiger partial charge in [0.05, 0.1) is 0 Å². The summed E-state index contributed by atoms with van der Waals surface area (Å²) in [5, 5.41) is 5.62. The lowest BCUT2D eigenvalue weighted by Gasteiger charge is -2.28. The van der Waals surface area contributed by atoms with E-state index in [1.165, 1.54) is 38.5 Å². The van der Waals surface area contributed by atoms with Crippen LogP contribution in [-0.4, -0.2) is 13.1 Å². The summed E-state index contributed by atoms with van der Waals surface area (Å²) in [5.74, 6) is 0.957. The monoisotopic (exact) mass is 223 g/mol. The van der Waals surface area contributed by atoms with Crippen LogP contribution in [0.4, 0.5) is 0 Å². The summed E-state index contributed by atoms with van der Waals surface area (Å²) in [6.07, 6.45) is 8.31. The van der Waals surface area contributed by atoms with Crippen LogP contribution < -0.4 is 5.32 Å². The molecule has 2 heteroatoms. The summed E-state index contributed by atoms with van der Waals surface area (Å²) in [5.41, 5.74) is 0. The van der Waals surface area contributed by atoms with Gasteiger partial charge in [-0.25, -0.2) is 0 Å². The molecule has 1 aromatic rings. The van der Waals surface area contributed by atoms with Crippen LogP contribution in [-0.2, 0) is 6.42 Å². The second-order valence-corrected chi connectivity index (χ2v) is 5.67. The van der Waals surface area contributed by atoms with Crippen LogP contribution >= 0.6 is 11.3 Å². The third kappa shape index (κ3) is 3.32. The van der Waals surface area contributed by atoms with E-state index >= 15 is 0 Å². The first-order valence-electron chi connectivity index (χ1n) is 6.08. The lowest BCUT2D eigenvalue weighted by molar-refractivity contribution is 0.283. The van der Waals surface area contributed by atoms with E-state index in [-0.39, 0.29) is 0 Å². The maximum Gasteiger partial charge on any atom is 0.00667 e. The molecule has 0 aromatic carbocycles. The molecule has 1 nitrogen and oxygen atoms in total. The molecule has 1 N–H and O–H groups in total. The smallest absolute Gasteiger partial charge is 0.00667 e. The largest absolute Gasteiger partial charge is 0.317 e. The maximum atomic E-state index is 3.43. The molecule has 1 aliphatic carbocycles. The average molecular weight is 223 g/mol. The second-order valence-electron chi connectivity index (χ2n) is 4.64. The number of hydrogen-bond acceptors (Lipinski definition) is 2. The van der Waals surface area contributed by atoms with E-state index in [1.807, 2.05) is 11.3 Å². The number of rotatable bonds is 4. The first-order valence-corrected chi connectivity index (χ1v) is 6.96. The minimum Gasteiger partial charge on any atom is -0.317 e. The quantitative estimate of drug-likeness (QED) is 0.824. The van der Waals surface area contributed by atoms with Gasteiger partial charge in [0.1, 0.15) is 0 Å². The van der Waals surface area contributed by atoms with Gasteiger partial charge in [0.2, 0.25) is 0 Å². The number of hydrogen-bond donors (Lipinski definition) is 1. The van der Waals surface area contributed by atoms with Crippen molar-refractivity contribution >= 4 is 11.3 Å². The van der Waals surface area contributed by atoms with Crippen molar-refractivity contribution in [3.05, 3.63) is 22.4 Å². The second kappa shape index (κ2) is 5.66. The van der Waals surface area contributed by atoms with E-state index in [0.29, 0.717) is 0 Å². The molecule has 1 aromatic heterocycles. The molecule has 1 fully saturated rings. The zero-order valence-corrected chi connectivity index (χ0v) is 10.4. The molecule has 2 atom stereocenters. The van der Waals surface area contributed by atoms with Gasteiger partial charge in [-0.1, -0.05) is 18.9 Å². The van der Waals surface area contributed by atoms with E-state index < -0.39 is 0 Å². The lowest BCUT2D eigenvalue weighted by Crippen LogP contribution is -2.31. The van der Waals surface area contributed by atoms with E-state index in [2.05, 4.69) is 29.9 Å². The Bertz CT molecular complexity index is 268. The Hall–Kier alpha value is -0.340. The van der Waals surface area contributed by atoms with Crippen molar-refractivity contribution in [3.63, 3.8) is 0 Å². The highest BCUT2D eigenvalue weighted by molar-refractivity contribution is 7.09. The van der Waals surface area contributed by atoms with Crippen molar-refractivity contribution < 1.29 is 0 Å². The zero-order valence-electron chi connectivity index (χ0n) is 9.54. The first kappa shape index (κ1) is 11.2. The molecule has 2 unspecified atom stereocenters. The summed E-state index contributed by atoms with van der Waals surface area (Å²) in [4.78, 5) is 1.56. The van der Waals surface area contributed by atoms with Gasteiger partial charge in [-0.05, 0) is 50.1 Å². The molecule has 15 heavy (non-hydrogen) atoms. The molecule has 0 amide bonds. The molecule has 0 bridgehead atoms. The summed E-state index contributed by atoms with van der Waals surface area (Å²) in [6.45, 7) is 0. The van der Waals surface area contributed by atoms with Crippen LogP contribution in [0.2, 0.25) is 0 Å². The van der Waals surface area contributed by atoms with Crippen molar-refractivity contribution in [2.45, 2.75) is 44.6 Å². The third-order valence-electron chi connectivity index (χ3n) is 3.57. The molecule has 0 radical (unpaired) electrons. The van der Waals surface area contributed by atoms with Gasteiger partial charge in [-0.2, -0.15) is 0 Å². The first-order chi connectivity index (χ1) is 7.38. The highest BCUT2D eigenvalue weighted by Gasteiger charge is 2.20. The van der Waals surface area contributed by atoms with Crippen LogP contribution in [0.5, 0.6) is 0 Å². The SMILES string of the molecule is CNC1CCCC(CCc2cccs2)C1. The Morgan fingerprint density at radius 2 is 2.40 bits per heavy atom. The van der Waals surface area contributed by atoms with Crippen molar-refractivity contribution in [1.29, 1.82) is 0 Å². The Labute approximate surface area is 96.9 Å². The topological polar surface area (TPSA) is 12.0 Å². The Morgan fingerprint density at radius 1 is 1.47 bits per heavy atom. The van der Waals surface area contributed by atoms with E-state index in [1.54, 1.807) is 4.88 Å². The predicted octanol–water partition coefficient (Wildman–Crippen LogP) is 3.46. The van der Waals surface area contributed by atoms with Crippen LogP contribution in [0.25, 0.3) is 0 Å². The summed E-state index contributed by atoms with van der Waals surface area (Å²) in [6, 6.07) is 5.22. The highest BCUT2D eigenvalue weighted by Crippen LogP contribution is 2.28. The van der Waals surface area contributed by atoms with Gasteiger partial charge in [0.15, 0.2) is 0 Å². The van der Waals surface area contributed by atoms with Crippen LogP contribution in [0.1, 0.15) is 37.0 Å². The summed E-state index contributed by atoms with van der Waals surface area (Å²) < 4.78 is 0. The van der Waals surface area contributed by atoms with E-state index in [0.717, 1.165) is 12.0 Å². The fourth-order valence-electron chi connectivity index (χ4n) is 2.62. The number of thiophene rings is 1. The van der Waals surface area contributed by atoms with Gasteiger partial charge in [0.25, 0.3) is 0 Å². The van der Waals surface area contributed by atoms with E-state index in [4.69, 9.17) is 0 Å². The average Bonchev–Trinajstić information content (AvgIpc) is 2.79. The minimum absolute atomic E-state index is 0.784. The lowest BCUT2D eigenvalue weighted by atomic mass is 9.83. The molecule has 1 heterocycles. The molecular weight excluding hydrogens is 202 g/mol. The summed E-state index contributed by atoms with van der Waals surface area (Å²) in [7, 11) is 2.10. The molecule has 84 valence electrons. The molecule has 2 rings (SSSR count). The fourth-order valence-corrected chi connectivity index (χ4v) is 3.34. The van der Waals surface area contributed by atoms with Crippen molar-refractivity contribution in [3.8, 4) is 0 Å². The molecule has 1 aliphatic rings. The van der Waals surface area contributed by atoms with Gasteiger partial charge in [0, 0.05) is 10.9 Å². The van der Waals surface area contributed by atoms with Crippen LogP contribution in [0.3, 0.4) is 0 Å². The Kier molecular flexibility index (Phi) is 4.21. The zero-order chi connectivity index (χ0) is 10.5. The normalized spacial score (nSPS) is 26.7. The summed E-state index contributed by atoms with van der Waals surface area (Å²) >= 11 is 1.90. The predicted molar refractivity (Wildman–Crippen MR) is 67.4 cm³/mol. The third-order valence-corrected chi connectivity index (χ3v) is 4.51. The van der Waals surface area contributed by atoms with Crippen LogP contribution in [0, 0.1) is 5.92 Å². The molecule has 0 spiro atoms. The van der Waals surface area contributed by atoms with Crippen LogP contribution in [0.15, 0.2) is 17.5 Å². The number of aryl methyl sites for hydroxylation is 1. The van der Waals surface area contributed by atoms with Gasteiger partial charge in [-0.3, -0.25) is 0 Å². The van der Waals surface area contributed by atoms with E-state index in [9.17, 15) is 0 Å². The van der Waals surface area contributed by atoms with Crippen molar-refractivity contribution in [2.75, 3.05) is 7.05 Å². The highest BCUT2D eigenvalue weighted by atomic mass is 32.1. The Morgan fingerprint density at radius 3 is 3.13 bits per heavy atom. The molecule has 0 saturated heterocycles.